The Hall–Kier alpha value is -1.69. The Bertz CT molecular complexity index is 424. The second-order valence-corrected chi connectivity index (χ2v) is 4.51. The monoisotopic (exact) mass is 250 g/mol. The molecule has 0 amide bonds. The third kappa shape index (κ3) is 2.95. The van der Waals surface area contributed by atoms with Crippen LogP contribution in [-0.2, 0) is 0 Å². The van der Waals surface area contributed by atoms with Gasteiger partial charge >= 0.3 is 5.82 Å². The van der Waals surface area contributed by atoms with E-state index in [1.807, 2.05) is 0 Å². The van der Waals surface area contributed by atoms with Crippen molar-refractivity contribution in [1.29, 1.82) is 0 Å². The van der Waals surface area contributed by atoms with E-state index in [-0.39, 0.29) is 11.9 Å². The van der Waals surface area contributed by atoms with Crippen LogP contribution >= 0.6 is 0 Å². The number of hydrogen-bond acceptors (Lipinski definition) is 5. The molecule has 0 aliphatic carbocycles. The van der Waals surface area contributed by atoms with Gasteiger partial charge in [0.1, 0.15) is 11.9 Å². The fraction of sp³-hybridized carbons (Fsp3) is 0.583. The molecule has 6 nitrogen and oxygen atoms in total. The maximum Gasteiger partial charge on any atom is 0.386 e. The van der Waals surface area contributed by atoms with Crippen LogP contribution in [-0.4, -0.2) is 40.5 Å². The Morgan fingerprint density at radius 2 is 2.50 bits per heavy atom. The smallest absolute Gasteiger partial charge is 0.374 e. The first-order valence-electron chi connectivity index (χ1n) is 6.29. The third-order valence-electron chi connectivity index (χ3n) is 3.27. The van der Waals surface area contributed by atoms with Crippen LogP contribution in [0.4, 0.5) is 11.5 Å². The number of likely N-dealkylation sites (tertiary alicyclic amines) is 1. The van der Waals surface area contributed by atoms with Gasteiger partial charge in [-0.2, -0.15) is 0 Å². The van der Waals surface area contributed by atoms with Gasteiger partial charge in [0, 0.05) is 12.6 Å². The molecule has 0 bridgehead atoms. The van der Waals surface area contributed by atoms with Crippen molar-refractivity contribution in [2.45, 2.75) is 25.8 Å². The number of pyridine rings is 1. The predicted octanol–water partition coefficient (Wildman–Crippen LogP) is 1.89. The molecule has 1 fully saturated rings. The lowest BCUT2D eigenvalue weighted by Crippen LogP contribution is -2.41. The van der Waals surface area contributed by atoms with Crippen LogP contribution in [0.1, 0.15) is 19.8 Å². The summed E-state index contributed by atoms with van der Waals surface area (Å²) >= 11 is 0. The third-order valence-corrected chi connectivity index (χ3v) is 3.27. The molecule has 1 aromatic heterocycles. The van der Waals surface area contributed by atoms with Crippen molar-refractivity contribution >= 4 is 11.5 Å². The average Bonchev–Trinajstić information content (AvgIpc) is 2.39. The Labute approximate surface area is 106 Å². The Morgan fingerprint density at radius 1 is 1.67 bits per heavy atom. The molecule has 1 aromatic rings. The van der Waals surface area contributed by atoms with E-state index in [0.29, 0.717) is 5.69 Å². The summed E-state index contributed by atoms with van der Waals surface area (Å²) < 4.78 is 0. The minimum absolute atomic E-state index is 0.0916. The molecule has 0 radical (unpaired) electrons. The lowest BCUT2D eigenvalue weighted by atomic mass is 10.1. The standard InChI is InChI=1S/C12H18N4O2/c1-2-15-8-4-5-10(9-15)14-11-6-3-7-13-12(11)16(17)18/h3,6-7,10,14H,2,4-5,8-9H2,1H3. The molecule has 1 aliphatic rings. The number of rotatable bonds is 4. The summed E-state index contributed by atoms with van der Waals surface area (Å²) in [7, 11) is 0. The van der Waals surface area contributed by atoms with E-state index < -0.39 is 4.92 Å². The summed E-state index contributed by atoms with van der Waals surface area (Å²) in [4.78, 5) is 16.6. The second kappa shape index (κ2) is 5.77. The number of aromatic nitrogens is 1. The highest BCUT2D eigenvalue weighted by Gasteiger charge is 2.22. The maximum atomic E-state index is 10.9. The number of nitrogens with zero attached hydrogens (tertiary/aromatic N) is 3. The molecular formula is C12H18N4O2. The van der Waals surface area contributed by atoms with Gasteiger partial charge in [0.2, 0.25) is 0 Å². The number of nitro groups is 1. The van der Waals surface area contributed by atoms with Gasteiger partial charge in [-0.15, -0.1) is 0 Å². The Kier molecular flexibility index (Phi) is 4.09. The summed E-state index contributed by atoms with van der Waals surface area (Å²) in [6.45, 7) is 5.20. The first kappa shape index (κ1) is 12.8. The Balaban J connectivity index is 2.07. The molecule has 1 aliphatic heterocycles. The number of nitrogens with one attached hydrogen (secondary N) is 1. The van der Waals surface area contributed by atoms with Crippen molar-refractivity contribution in [2.75, 3.05) is 25.0 Å². The summed E-state index contributed by atoms with van der Waals surface area (Å²) in [5, 5.41) is 14.1. The van der Waals surface area contributed by atoms with Gasteiger partial charge in [-0.05, 0) is 48.0 Å². The van der Waals surface area contributed by atoms with Gasteiger partial charge < -0.3 is 20.3 Å². The van der Waals surface area contributed by atoms with E-state index in [4.69, 9.17) is 0 Å². The largest absolute Gasteiger partial charge is 0.386 e. The second-order valence-electron chi connectivity index (χ2n) is 4.51. The molecular weight excluding hydrogens is 232 g/mol. The topological polar surface area (TPSA) is 71.3 Å². The van der Waals surface area contributed by atoms with Gasteiger partial charge in [-0.3, -0.25) is 0 Å². The zero-order valence-corrected chi connectivity index (χ0v) is 10.5. The lowest BCUT2D eigenvalue weighted by Gasteiger charge is -2.32. The van der Waals surface area contributed by atoms with E-state index >= 15 is 0 Å². The van der Waals surface area contributed by atoms with Crippen LogP contribution < -0.4 is 5.32 Å². The quantitative estimate of drug-likeness (QED) is 0.652. The van der Waals surface area contributed by atoms with E-state index in [2.05, 4.69) is 22.1 Å². The van der Waals surface area contributed by atoms with E-state index in [1.54, 1.807) is 12.1 Å². The molecule has 1 atom stereocenters. The van der Waals surface area contributed by atoms with Crippen molar-refractivity contribution in [1.82, 2.24) is 9.88 Å². The minimum atomic E-state index is -0.442. The van der Waals surface area contributed by atoms with Crippen molar-refractivity contribution in [3.8, 4) is 0 Å². The number of anilines is 1. The molecule has 2 rings (SSSR count). The molecule has 98 valence electrons. The number of likely N-dealkylation sites (N-methyl/N-ethyl adjacent to an activating group) is 1. The normalized spacial score (nSPS) is 20.6. The highest BCUT2D eigenvalue weighted by Crippen LogP contribution is 2.23. The fourth-order valence-corrected chi connectivity index (χ4v) is 2.34. The van der Waals surface area contributed by atoms with Gasteiger partial charge in [-0.1, -0.05) is 6.92 Å². The highest BCUT2D eigenvalue weighted by molar-refractivity contribution is 5.57. The van der Waals surface area contributed by atoms with Crippen molar-refractivity contribution in [3.05, 3.63) is 28.4 Å². The SMILES string of the molecule is CCN1CCCC(Nc2cccnc2[N+](=O)[O-])C1. The highest BCUT2D eigenvalue weighted by atomic mass is 16.6. The first-order valence-corrected chi connectivity index (χ1v) is 6.29. The van der Waals surface area contributed by atoms with Crippen molar-refractivity contribution in [3.63, 3.8) is 0 Å². The van der Waals surface area contributed by atoms with Crippen LogP contribution in [0.2, 0.25) is 0 Å². The number of hydrogen-bond donors (Lipinski definition) is 1. The van der Waals surface area contributed by atoms with Crippen LogP contribution in [0.15, 0.2) is 18.3 Å². The van der Waals surface area contributed by atoms with Crippen LogP contribution in [0.25, 0.3) is 0 Å². The fourth-order valence-electron chi connectivity index (χ4n) is 2.34. The van der Waals surface area contributed by atoms with Crippen LogP contribution in [0, 0.1) is 10.1 Å². The lowest BCUT2D eigenvalue weighted by molar-refractivity contribution is -0.388. The minimum Gasteiger partial charge on any atom is -0.374 e. The first-order chi connectivity index (χ1) is 8.70. The summed E-state index contributed by atoms with van der Waals surface area (Å²) in [6, 6.07) is 3.70. The number of piperidine rings is 1. The van der Waals surface area contributed by atoms with Crippen LogP contribution in [0.3, 0.4) is 0 Å². The molecule has 2 heterocycles. The molecule has 0 aromatic carbocycles. The summed E-state index contributed by atoms with van der Waals surface area (Å²) in [5.41, 5.74) is 0.519. The Morgan fingerprint density at radius 3 is 3.22 bits per heavy atom. The summed E-state index contributed by atoms with van der Waals surface area (Å²) in [5.74, 6) is -0.0916. The molecule has 18 heavy (non-hydrogen) atoms. The molecule has 1 saturated heterocycles. The van der Waals surface area contributed by atoms with E-state index in [1.165, 1.54) is 6.20 Å². The van der Waals surface area contributed by atoms with Gasteiger partial charge in [0.15, 0.2) is 0 Å². The zero-order valence-electron chi connectivity index (χ0n) is 10.5. The predicted molar refractivity (Wildman–Crippen MR) is 69.7 cm³/mol. The zero-order chi connectivity index (χ0) is 13.0. The summed E-state index contributed by atoms with van der Waals surface area (Å²) in [6.07, 6.45) is 3.62. The van der Waals surface area contributed by atoms with Crippen LogP contribution in [0.5, 0.6) is 0 Å². The molecule has 0 saturated carbocycles. The van der Waals surface area contributed by atoms with Gasteiger partial charge in [0.05, 0.1) is 0 Å². The van der Waals surface area contributed by atoms with Crippen molar-refractivity contribution < 1.29 is 4.92 Å². The molecule has 0 spiro atoms. The average molecular weight is 250 g/mol. The van der Waals surface area contributed by atoms with Crippen molar-refractivity contribution in [2.24, 2.45) is 0 Å². The van der Waals surface area contributed by atoms with Gasteiger partial charge in [-0.25, -0.2) is 0 Å². The van der Waals surface area contributed by atoms with E-state index in [0.717, 1.165) is 32.5 Å². The molecule has 1 N–H and O–H groups in total. The molecule has 6 heteroatoms. The molecule has 1 unspecified atom stereocenters. The maximum absolute atomic E-state index is 10.9. The van der Waals surface area contributed by atoms with E-state index in [9.17, 15) is 10.1 Å². The van der Waals surface area contributed by atoms with Gasteiger partial charge in [0.25, 0.3) is 0 Å².